The zero-order valence-electron chi connectivity index (χ0n) is 9.92. The number of rotatable bonds is 2. The molecule has 4 nitrogen and oxygen atoms in total. The molecule has 4 heteroatoms. The van der Waals surface area contributed by atoms with Gasteiger partial charge in [-0.05, 0) is 31.6 Å². The van der Waals surface area contributed by atoms with E-state index in [0.29, 0.717) is 0 Å². The molecule has 0 fully saturated rings. The molecule has 1 atom stereocenters. The lowest BCUT2D eigenvalue weighted by Gasteiger charge is -2.23. The van der Waals surface area contributed by atoms with Crippen LogP contribution in [-0.2, 0) is 0 Å². The van der Waals surface area contributed by atoms with Crippen LogP contribution in [0.2, 0.25) is 0 Å². The van der Waals surface area contributed by atoms with Gasteiger partial charge in [0.2, 0.25) is 0 Å². The van der Waals surface area contributed by atoms with E-state index in [1.54, 1.807) is 19.1 Å². The molecule has 0 bridgehead atoms. The Kier molecular flexibility index (Phi) is 2.97. The first-order valence-electron chi connectivity index (χ1n) is 5.58. The number of Topliss-reactive ketones (excluding diaryl/α,β-unsaturated/α-hetero) is 1. The van der Waals surface area contributed by atoms with Gasteiger partial charge in [0.1, 0.15) is 11.5 Å². The number of aliphatic hydroxyl groups is 2. The molecular weight excluding hydrogens is 232 g/mol. The van der Waals surface area contributed by atoms with E-state index in [9.17, 15) is 20.1 Å². The molecule has 0 saturated carbocycles. The van der Waals surface area contributed by atoms with E-state index >= 15 is 0 Å². The monoisotopic (exact) mass is 246 g/mol. The molecule has 0 heterocycles. The van der Waals surface area contributed by atoms with Crippen LogP contribution in [0, 0.1) is 0 Å². The second kappa shape index (κ2) is 4.31. The topological polar surface area (TPSA) is 77.8 Å². The van der Waals surface area contributed by atoms with Crippen LogP contribution in [0.1, 0.15) is 23.7 Å². The van der Waals surface area contributed by atoms with Crippen LogP contribution < -0.4 is 0 Å². The fourth-order valence-electron chi connectivity index (χ4n) is 1.86. The molecule has 0 radical (unpaired) electrons. The maximum Gasteiger partial charge on any atom is 0.200 e. The Labute approximate surface area is 105 Å². The zero-order valence-corrected chi connectivity index (χ0v) is 9.92. The van der Waals surface area contributed by atoms with Crippen molar-refractivity contribution in [1.29, 1.82) is 0 Å². The lowest BCUT2D eigenvalue weighted by molar-refractivity contribution is 0.0988. The van der Waals surface area contributed by atoms with Gasteiger partial charge < -0.3 is 15.3 Å². The first-order chi connectivity index (χ1) is 8.41. The van der Waals surface area contributed by atoms with Gasteiger partial charge >= 0.3 is 0 Å². The van der Waals surface area contributed by atoms with Crippen LogP contribution in [0.5, 0.6) is 5.75 Å². The van der Waals surface area contributed by atoms with Crippen LogP contribution >= 0.6 is 0 Å². The number of phenolic OH excluding ortho intramolecular Hbond substituents is 1. The normalized spacial score (nSPS) is 23.2. The van der Waals surface area contributed by atoms with Gasteiger partial charge in [-0.25, -0.2) is 0 Å². The lowest BCUT2D eigenvalue weighted by atomic mass is 9.89. The minimum Gasteiger partial charge on any atom is -0.507 e. The van der Waals surface area contributed by atoms with Crippen LogP contribution in [0.15, 0.2) is 47.7 Å². The summed E-state index contributed by atoms with van der Waals surface area (Å²) in [7, 11) is 0. The summed E-state index contributed by atoms with van der Waals surface area (Å²) in [5.74, 6) is -0.856. The summed E-state index contributed by atoms with van der Waals surface area (Å²) in [6, 6.07) is 6.14. The first-order valence-corrected chi connectivity index (χ1v) is 5.58. The predicted octanol–water partition coefficient (Wildman–Crippen LogP) is 2.10. The minimum absolute atomic E-state index is 0.100. The number of ketones is 1. The summed E-state index contributed by atoms with van der Waals surface area (Å²) in [5, 5.41) is 29.1. The highest BCUT2D eigenvalue weighted by Crippen LogP contribution is 2.28. The number of aliphatic hydroxyl groups excluding tert-OH is 1. The van der Waals surface area contributed by atoms with Gasteiger partial charge in [0.15, 0.2) is 5.78 Å². The van der Waals surface area contributed by atoms with E-state index in [-0.39, 0.29) is 29.1 Å². The van der Waals surface area contributed by atoms with Crippen molar-refractivity contribution >= 4 is 5.78 Å². The summed E-state index contributed by atoms with van der Waals surface area (Å²) in [5.41, 5.74) is -0.916. The van der Waals surface area contributed by atoms with E-state index in [2.05, 4.69) is 0 Å². The van der Waals surface area contributed by atoms with E-state index in [0.717, 1.165) is 0 Å². The SMILES string of the molecule is CC1(O)C=C(O)C(C(=O)c2ccccc2O)=CC1. The Morgan fingerprint density at radius 1 is 1.28 bits per heavy atom. The molecule has 18 heavy (non-hydrogen) atoms. The Bertz CT molecular complexity index is 553. The summed E-state index contributed by atoms with van der Waals surface area (Å²) in [6.45, 7) is 1.54. The van der Waals surface area contributed by atoms with Crippen molar-refractivity contribution in [3.63, 3.8) is 0 Å². The molecule has 1 aromatic rings. The standard InChI is InChI=1S/C14H14O4/c1-14(18)7-6-10(12(16)8-14)13(17)9-4-2-3-5-11(9)15/h2-6,8,15-16,18H,7H2,1H3. The summed E-state index contributed by atoms with van der Waals surface area (Å²) in [6.07, 6.45) is 2.95. The van der Waals surface area contributed by atoms with Gasteiger partial charge in [-0.1, -0.05) is 18.2 Å². The summed E-state index contributed by atoms with van der Waals surface area (Å²) < 4.78 is 0. The Morgan fingerprint density at radius 3 is 2.56 bits per heavy atom. The van der Waals surface area contributed by atoms with E-state index < -0.39 is 11.4 Å². The van der Waals surface area contributed by atoms with Gasteiger partial charge in [0, 0.05) is 0 Å². The Balaban J connectivity index is 2.35. The molecule has 1 aliphatic carbocycles. The molecule has 3 N–H and O–H groups in total. The average Bonchev–Trinajstić information content (AvgIpc) is 2.27. The molecule has 1 unspecified atom stereocenters. The molecule has 0 aliphatic heterocycles. The second-order valence-electron chi connectivity index (χ2n) is 4.55. The summed E-state index contributed by atoms with van der Waals surface area (Å²) >= 11 is 0. The highest BCUT2D eigenvalue weighted by molar-refractivity contribution is 6.12. The number of benzene rings is 1. The Morgan fingerprint density at radius 2 is 1.94 bits per heavy atom. The highest BCUT2D eigenvalue weighted by atomic mass is 16.3. The van der Waals surface area contributed by atoms with Gasteiger partial charge in [0.25, 0.3) is 0 Å². The number of phenols is 1. The molecular formula is C14H14O4. The summed E-state index contributed by atoms with van der Waals surface area (Å²) in [4.78, 5) is 12.1. The molecule has 0 aromatic heterocycles. The maximum absolute atomic E-state index is 12.1. The van der Waals surface area contributed by atoms with Gasteiger partial charge in [0.05, 0.1) is 16.7 Å². The minimum atomic E-state index is -1.15. The Hall–Kier alpha value is -2.07. The number of aromatic hydroxyl groups is 1. The number of hydrogen-bond donors (Lipinski definition) is 3. The average molecular weight is 246 g/mol. The molecule has 1 aromatic carbocycles. The van der Waals surface area contributed by atoms with Crippen LogP contribution in [0.4, 0.5) is 0 Å². The first kappa shape index (κ1) is 12.4. The molecule has 1 aliphatic rings. The van der Waals surface area contributed by atoms with E-state index in [1.807, 2.05) is 0 Å². The van der Waals surface area contributed by atoms with Crippen molar-refractivity contribution in [2.45, 2.75) is 18.9 Å². The smallest absolute Gasteiger partial charge is 0.200 e. The van der Waals surface area contributed by atoms with Crippen molar-refractivity contribution in [2.24, 2.45) is 0 Å². The van der Waals surface area contributed by atoms with Crippen molar-refractivity contribution in [3.8, 4) is 5.75 Å². The third-order valence-corrected chi connectivity index (χ3v) is 2.84. The van der Waals surface area contributed by atoms with E-state index in [4.69, 9.17) is 0 Å². The van der Waals surface area contributed by atoms with E-state index in [1.165, 1.54) is 24.3 Å². The third-order valence-electron chi connectivity index (χ3n) is 2.84. The van der Waals surface area contributed by atoms with Crippen LogP contribution in [0.25, 0.3) is 0 Å². The number of carbonyl (C=O) groups excluding carboxylic acids is 1. The van der Waals surface area contributed by atoms with Crippen LogP contribution in [0.3, 0.4) is 0 Å². The van der Waals surface area contributed by atoms with Crippen molar-refractivity contribution < 1.29 is 20.1 Å². The molecule has 0 amide bonds. The van der Waals surface area contributed by atoms with Crippen molar-refractivity contribution in [1.82, 2.24) is 0 Å². The van der Waals surface area contributed by atoms with Crippen LogP contribution in [-0.4, -0.2) is 26.7 Å². The highest BCUT2D eigenvalue weighted by Gasteiger charge is 2.27. The molecule has 0 spiro atoms. The lowest BCUT2D eigenvalue weighted by Crippen LogP contribution is -2.25. The third kappa shape index (κ3) is 2.28. The maximum atomic E-state index is 12.1. The number of carbonyl (C=O) groups is 1. The fraction of sp³-hybridized carbons (Fsp3) is 0.214. The number of hydrogen-bond acceptors (Lipinski definition) is 4. The molecule has 94 valence electrons. The predicted molar refractivity (Wildman–Crippen MR) is 66.5 cm³/mol. The van der Waals surface area contributed by atoms with Crippen molar-refractivity contribution in [2.75, 3.05) is 0 Å². The molecule has 2 rings (SSSR count). The number of allylic oxidation sites excluding steroid dienone is 1. The fourth-order valence-corrected chi connectivity index (χ4v) is 1.86. The van der Waals surface area contributed by atoms with Gasteiger partial charge in [-0.3, -0.25) is 4.79 Å². The molecule has 0 saturated heterocycles. The number of para-hydroxylation sites is 1. The van der Waals surface area contributed by atoms with Gasteiger partial charge in [-0.15, -0.1) is 0 Å². The largest absolute Gasteiger partial charge is 0.507 e. The zero-order chi connectivity index (χ0) is 13.3. The van der Waals surface area contributed by atoms with Crippen molar-refractivity contribution in [3.05, 3.63) is 53.3 Å². The quantitative estimate of drug-likeness (QED) is 0.698. The van der Waals surface area contributed by atoms with Gasteiger partial charge in [-0.2, -0.15) is 0 Å². The second-order valence-corrected chi connectivity index (χ2v) is 4.55.